The molecule has 8 nitrogen and oxygen atoms in total. The van der Waals surface area contributed by atoms with Crippen LogP contribution in [0.2, 0.25) is 0 Å². The summed E-state index contributed by atoms with van der Waals surface area (Å²) in [6, 6.07) is 4.93. The van der Waals surface area contributed by atoms with Gasteiger partial charge >= 0.3 is 5.97 Å². The lowest BCUT2D eigenvalue weighted by Crippen LogP contribution is -2.47. The maximum Gasteiger partial charge on any atom is 0.338 e. The zero-order chi connectivity index (χ0) is 20.2. The van der Waals surface area contributed by atoms with E-state index >= 15 is 0 Å². The first kappa shape index (κ1) is 21.3. The molecule has 0 aliphatic carbocycles. The van der Waals surface area contributed by atoms with Crippen LogP contribution in [-0.4, -0.2) is 62.7 Å². The monoisotopic (exact) mass is 397 g/mol. The number of amides is 1. The number of benzene rings is 1. The van der Waals surface area contributed by atoms with Gasteiger partial charge in [0.2, 0.25) is 5.91 Å². The summed E-state index contributed by atoms with van der Waals surface area (Å²) in [5.41, 5.74) is 1.76. The van der Waals surface area contributed by atoms with E-state index < -0.39 is 22.1 Å². The number of rotatable bonds is 6. The first-order valence-electron chi connectivity index (χ1n) is 8.93. The molecule has 1 saturated heterocycles. The molecule has 27 heavy (non-hydrogen) atoms. The van der Waals surface area contributed by atoms with Gasteiger partial charge in [0.15, 0.2) is 0 Å². The van der Waals surface area contributed by atoms with E-state index in [9.17, 15) is 18.0 Å². The van der Waals surface area contributed by atoms with Crippen LogP contribution >= 0.6 is 0 Å². The van der Waals surface area contributed by atoms with E-state index in [1.807, 2.05) is 0 Å². The molecule has 1 aromatic rings. The minimum atomic E-state index is -3.53. The molecule has 0 radical (unpaired) electrons. The van der Waals surface area contributed by atoms with Gasteiger partial charge in [0, 0.05) is 32.9 Å². The molecule has 1 fully saturated rings. The number of esters is 1. The van der Waals surface area contributed by atoms with Crippen molar-refractivity contribution in [3.63, 3.8) is 0 Å². The molecule has 1 heterocycles. The molecule has 1 amide bonds. The maximum atomic E-state index is 12.6. The van der Waals surface area contributed by atoms with Gasteiger partial charge in [-0.15, -0.1) is 0 Å². The van der Waals surface area contributed by atoms with Crippen molar-refractivity contribution in [2.45, 2.75) is 26.7 Å². The molecule has 1 N–H and O–H groups in total. The molecule has 1 atom stereocenters. The SMILES string of the molecule is CCOC(=O)c1ccc(NC(=O)[C@@H]2CCCN(S(=O)(=O)N(C)C)C2)c(C)c1. The van der Waals surface area contributed by atoms with Crippen LogP contribution in [0.4, 0.5) is 5.69 Å². The Morgan fingerprint density at radius 3 is 2.63 bits per heavy atom. The lowest BCUT2D eigenvalue weighted by Gasteiger charge is -2.32. The van der Waals surface area contributed by atoms with Crippen LogP contribution in [0.15, 0.2) is 18.2 Å². The molecule has 0 spiro atoms. The molecule has 2 rings (SSSR count). The van der Waals surface area contributed by atoms with Crippen LogP contribution < -0.4 is 5.32 Å². The summed E-state index contributed by atoms with van der Waals surface area (Å²) in [6.45, 7) is 4.40. The van der Waals surface area contributed by atoms with Gasteiger partial charge in [-0.1, -0.05) is 0 Å². The second-order valence-electron chi connectivity index (χ2n) is 6.73. The van der Waals surface area contributed by atoms with E-state index in [1.54, 1.807) is 32.0 Å². The van der Waals surface area contributed by atoms with Gasteiger partial charge in [-0.2, -0.15) is 17.0 Å². The van der Waals surface area contributed by atoms with Crippen molar-refractivity contribution in [1.82, 2.24) is 8.61 Å². The first-order chi connectivity index (χ1) is 12.7. The van der Waals surface area contributed by atoms with Crippen molar-refractivity contribution in [1.29, 1.82) is 0 Å². The predicted molar refractivity (Wildman–Crippen MR) is 103 cm³/mol. The Hall–Kier alpha value is -1.97. The van der Waals surface area contributed by atoms with Crippen molar-refractivity contribution in [3.05, 3.63) is 29.3 Å². The smallest absolute Gasteiger partial charge is 0.338 e. The van der Waals surface area contributed by atoms with Crippen LogP contribution in [0.5, 0.6) is 0 Å². The number of aryl methyl sites for hydroxylation is 1. The van der Waals surface area contributed by atoms with Crippen LogP contribution in [0, 0.1) is 12.8 Å². The maximum absolute atomic E-state index is 12.6. The number of piperidine rings is 1. The van der Waals surface area contributed by atoms with Gasteiger partial charge in [-0.3, -0.25) is 4.79 Å². The molecule has 1 aliphatic heterocycles. The predicted octanol–water partition coefficient (Wildman–Crippen LogP) is 1.63. The van der Waals surface area contributed by atoms with E-state index in [2.05, 4.69) is 5.32 Å². The molecule has 0 aromatic heterocycles. The fourth-order valence-corrected chi connectivity index (χ4v) is 4.17. The zero-order valence-corrected chi connectivity index (χ0v) is 17.0. The van der Waals surface area contributed by atoms with Crippen molar-refractivity contribution in [3.8, 4) is 0 Å². The molecule has 0 bridgehead atoms. The summed E-state index contributed by atoms with van der Waals surface area (Å²) in [5.74, 6) is -1.05. The molecule has 0 saturated carbocycles. The fraction of sp³-hybridized carbons (Fsp3) is 0.556. The summed E-state index contributed by atoms with van der Waals surface area (Å²) >= 11 is 0. The lowest BCUT2D eigenvalue weighted by molar-refractivity contribution is -0.120. The van der Waals surface area contributed by atoms with Gasteiger partial charge in [0.25, 0.3) is 10.2 Å². The highest BCUT2D eigenvalue weighted by Gasteiger charge is 2.33. The summed E-state index contributed by atoms with van der Waals surface area (Å²) in [6.07, 6.45) is 1.26. The number of carbonyl (C=O) groups is 2. The van der Waals surface area contributed by atoms with Gasteiger partial charge in [0.1, 0.15) is 0 Å². The number of nitrogens with one attached hydrogen (secondary N) is 1. The third-order valence-corrected chi connectivity index (χ3v) is 6.45. The van der Waals surface area contributed by atoms with Gasteiger partial charge in [0.05, 0.1) is 18.1 Å². The quantitative estimate of drug-likeness (QED) is 0.736. The Morgan fingerprint density at radius 1 is 1.33 bits per heavy atom. The summed E-state index contributed by atoms with van der Waals surface area (Å²) in [5, 5.41) is 2.85. The molecule has 1 aliphatic rings. The standard InChI is InChI=1S/C18H27N3O5S/c1-5-26-18(23)14-8-9-16(13(2)11-14)19-17(22)15-7-6-10-21(12-15)27(24,25)20(3)4/h8-9,11,15H,5-7,10,12H2,1-4H3,(H,19,22)/t15-/m1/s1. The number of hydrogen-bond donors (Lipinski definition) is 1. The number of hydrogen-bond acceptors (Lipinski definition) is 5. The number of ether oxygens (including phenoxy) is 1. The highest BCUT2D eigenvalue weighted by atomic mass is 32.2. The van der Waals surface area contributed by atoms with Crippen LogP contribution in [-0.2, 0) is 19.7 Å². The van der Waals surface area contributed by atoms with Crippen molar-refractivity contribution in [2.24, 2.45) is 5.92 Å². The topological polar surface area (TPSA) is 96.0 Å². The van der Waals surface area contributed by atoms with Crippen LogP contribution in [0.3, 0.4) is 0 Å². The second-order valence-corrected chi connectivity index (χ2v) is 8.87. The van der Waals surface area contributed by atoms with Crippen molar-refractivity contribution >= 4 is 27.8 Å². The zero-order valence-electron chi connectivity index (χ0n) is 16.2. The Labute approximate surface area is 160 Å². The Balaban J connectivity index is 2.07. The molecular weight excluding hydrogens is 370 g/mol. The minimum absolute atomic E-state index is 0.159. The lowest BCUT2D eigenvalue weighted by atomic mass is 9.98. The number of anilines is 1. The summed E-state index contributed by atoms with van der Waals surface area (Å²) in [7, 11) is -0.573. The van der Waals surface area contributed by atoms with Gasteiger partial charge in [-0.25, -0.2) is 4.79 Å². The third-order valence-electron chi connectivity index (χ3n) is 4.54. The Bertz CT molecular complexity index is 807. The first-order valence-corrected chi connectivity index (χ1v) is 10.3. The van der Waals surface area contributed by atoms with Crippen LogP contribution in [0.1, 0.15) is 35.7 Å². The van der Waals surface area contributed by atoms with Gasteiger partial charge < -0.3 is 10.1 Å². The molecule has 150 valence electrons. The minimum Gasteiger partial charge on any atom is -0.462 e. The Morgan fingerprint density at radius 2 is 2.04 bits per heavy atom. The van der Waals surface area contributed by atoms with E-state index in [0.29, 0.717) is 37.2 Å². The Kier molecular flexibility index (Phi) is 6.96. The molecule has 0 unspecified atom stereocenters. The number of carbonyl (C=O) groups excluding carboxylic acids is 2. The fourth-order valence-electron chi connectivity index (χ4n) is 2.98. The van der Waals surface area contributed by atoms with E-state index in [4.69, 9.17) is 4.74 Å². The largest absolute Gasteiger partial charge is 0.462 e. The normalized spacial score (nSPS) is 18.3. The van der Waals surface area contributed by atoms with E-state index in [1.165, 1.54) is 18.4 Å². The summed E-state index contributed by atoms with van der Waals surface area (Å²) < 4.78 is 32.1. The highest BCUT2D eigenvalue weighted by Crippen LogP contribution is 2.23. The van der Waals surface area contributed by atoms with Gasteiger partial charge in [-0.05, 0) is 50.5 Å². The average Bonchev–Trinajstić information content (AvgIpc) is 2.63. The summed E-state index contributed by atoms with van der Waals surface area (Å²) in [4.78, 5) is 24.4. The third kappa shape index (κ3) is 5.06. The average molecular weight is 397 g/mol. The van der Waals surface area contributed by atoms with E-state index in [-0.39, 0.29) is 12.5 Å². The van der Waals surface area contributed by atoms with E-state index in [0.717, 1.165) is 9.87 Å². The molecular formula is C18H27N3O5S. The highest BCUT2D eigenvalue weighted by molar-refractivity contribution is 7.86. The van der Waals surface area contributed by atoms with Crippen molar-refractivity contribution in [2.75, 3.05) is 39.1 Å². The van der Waals surface area contributed by atoms with Crippen molar-refractivity contribution < 1.29 is 22.7 Å². The molecule has 9 heteroatoms. The second kappa shape index (κ2) is 8.81. The number of nitrogens with zero attached hydrogens (tertiary/aromatic N) is 2. The molecule has 1 aromatic carbocycles. The van der Waals surface area contributed by atoms with Crippen LogP contribution in [0.25, 0.3) is 0 Å².